The van der Waals surface area contributed by atoms with Crippen molar-refractivity contribution in [3.05, 3.63) is 80.3 Å². The third-order valence-electron chi connectivity index (χ3n) is 5.01. The van der Waals surface area contributed by atoms with E-state index in [0.29, 0.717) is 26.7 Å². The van der Waals surface area contributed by atoms with E-state index in [1.165, 1.54) is 29.7 Å². The quantitative estimate of drug-likeness (QED) is 0.202. The highest BCUT2D eigenvalue weighted by atomic mass is 79.9. The zero-order valence-corrected chi connectivity index (χ0v) is 22.6. The number of nitrogens with zero attached hydrogens (tertiary/aromatic N) is 2. The second-order valence-electron chi connectivity index (χ2n) is 8.76. The molecule has 8 nitrogen and oxygen atoms in total. The number of ether oxygens (including phenoxy) is 3. The van der Waals surface area contributed by atoms with Crippen LogP contribution in [0.1, 0.15) is 26.3 Å². The van der Waals surface area contributed by atoms with E-state index in [2.05, 4.69) is 15.9 Å². The Bertz CT molecular complexity index is 1290. The number of rotatable bonds is 8. The molecule has 0 heterocycles. The van der Waals surface area contributed by atoms with Crippen LogP contribution in [-0.2, 0) is 11.3 Å². The van der Waals surface area contributed by atoms with Gasteiger partial charge in [-0.1, -0.05) is 48.0 Å². The van der Waals surface area contributed by atoms with E-state index in [9.17, 15) is 14.9 Å². The summed E-state index contributed by atoms with van der Waals surface area (Å²) >= 11 is 9.36. The predicted octanol–water partition coefficient (Wildman–Crippen LogP) is 7.59. The fraction of sp³-hybridized carbons (Fsp3) is 0.269. The van der Waals surface area contributed by atoms with Gasteiger partial charge in [-0.2, -0.15) is 0 Å². The minimum Gasteiger partial charge on any atom is -0.496 e. The number of anilines is 1. The van der Waals surface area contributed by atoms with Crippen LogP contribution >= 0.6 is 27.5 Å². The van der Waals surface area contributed by atoms with Crippen molar-refractivity contribution in [2.24, 2.45) is 0 Å². The molecule has 3 aromatic rings. The summed E-state index contributed by atoms with van der Waals surface area (Å²) in [5, 5.41) is 12.6. The second kappa shape index (κ2) is 11.6. The van der Waals surface area contributed by atoms with E-state index in [1.54, 1.807) is 32.9 Å². The maximum Gasteiger partial charge on any atom is 0.415 e. The van der Waals surface area contributed by atoms with Crippen molar-refractivity contribution in [2.45, 2.75) is 33.0 Å². The Balaban J connectivity index is 2.26. The summed E-state index contributed by atoms with van der Waals surface area (Å²) in [5.41, 5.74) is 1.73. The lowest BCUT2D eigenvalue weighted by molar-refractivity contribution is -0.384. The van der Waals surface area contributed by atoms with Crippen LogP contribution in [-0.4, -0.2) is 30.3 Å². The fourth-order valence-electron chi connectivity index (χ4n) is 3.47. The van der Waals surface area contributed by atoms with Crippen LogP contribution in [0.3, 0.4) is 0 Å². The fourth-order valence-corrected chi connectivity index (χ4v) is 4.28. The molecule has 0 saturated carbocycles. The number of nitro groups is 1. The number of fused-ring (bicyclic) bond motifs is 1. The highest BCUT2D eigenvalue weighted by Crippen LogP contribution is 2.46. The molecule has 0 fully saturated rings. The lowest BCUT2D eigenvalue weighted by Gasteiger charge is -2.28. The standard InChI is InChI=1S/C26H26BrClN2O6/c1-26(2,3)36-25(31)29(12-8-11-28)20-15-21(35-16-17-9-6-5-7-10-17)19-13-18(30(32)33)14-22(34-4)23(19)24(20)27/h5-11,13-15H,12,16H2,1-4H3/b11-8+. The van der Waals surface area contributed by atoms with Crippen molar-refractivity contribution >= 4 is 55.8 Å². The molecule has 3 aromatic carbocycles. The van der Waals surface area contributed by atoms with Gasteiger partial charge in [-0.3, -0.25) is 15.0 Å². The first-order chi connectivity index (χ1) is 17.1. The summed E-state index contributed by atoms with van der Waals surface area (Å²) in [6.07, 6.45) is 0.992. The molecule has 0 spiro atoms. The van der Waals surface area contributed by atoms with Gasteiger partial charge < -0.3 is 14.2 Å². The van der Waals surface area contributed by atoms with Crippen LogP contribution in [0.4, 0.5) is 16.2 Å². The van der Waals surface area contributed by atoms with E-state index >= 15 is 0 Å². The summed E-state index contributed by atoms with van der Waals surface area (Å²) in [6, 6.07) is 13.9. The molecular formula is C26H26BrClN2O6. The summed E-state index contributed by atoms with van der Waals surface area (Å²) in [5.74, 6) is 0.576. The van der Waals surface area contributed by atoms with Crippen molar-refractivity contribution in [3.8, 4) is 11.5 Å². The monoisotopic (exact) mass is 576 g/mol. The number of halogens is 2. The van der Waals surface area contributed by atoms with Gasteiger partial charge >= 0.3 is 6.09 Å². The van der Waals surface area contributed by atoms with Gasteiger partial charge in [-0.25, -0.2) is 4.79 Å². The van der Waals surface area contributed by atoms with E-state index in [0.717, 1.165) is 5.56 Å². The van der Waals surface area contributed by atoms with E-state index in [4.69, 9.17) is 25.8 Å². The zero-order chi connectivity index (χ0) is 26.5. The van der Waals surface area contributed by atoms with Crippen molar-refractivity contribution in [3.63, 3.8) is 0 Å². The topological polar surface area (TPSA) is 91.1 Å². The molecule has 10 heteroatoms. The van der Waals surface area contributed by atoms with Gasteiger partial charge in [0.25, 0.3) is 5.69 Å². The van der Waals surface area contributed by atoms with Crippen LogP contribution in [0, 0.1) is 10.1 Å². The second-order valence-corrected chi connectivity index (χ2v) is 9.81. The molecule has 36 heavy (non-hydrogen) atoms. The lowest BCUT2D eigenvalue weighted by atomic mass is 10.1. The molecule has 190 valence electrons. The van der Waals surface area contributed by atoms with Crippen LogP contribution in [0.5, 0.6) is 11.5 Å². The Hall–Kier alpha value is -3.30. The summed E-state index contributed by atoms with van der Waals surface area (Å²) < 4.78 is 17.8. The van der Waals surface area contributed by atoms with Crippen LogP contribution in [0.15, 0.2) is 64.6 Å². The number of nitro benzene ring substituents is 1. The Morgan fingerprint density at radius 3 is 2.44 bits per heavy atom. The first-order valence-corrected chi connectivity index (χ1v) is 12.2. The van der Waals surface area contributed by atoms with Crippen LogP contribution in [0.25, 0.3) is 10.8 Å². The molecule has 0 unspecified atom stereocenters. The minimum atomic E-state index is -0.742. The molecule has 0 aliphatic rings. The largest absolute Gasteiger partial charge is 0.496 e. The smallest absolute Gasteiger partial charge is 0.415 e. The third kappa shape index (κ3) is 6.47. The van der Waals surface area contributed by atoms with Gasteiger partial charge in [0.15, 0.2) is 0 Å². The zero-order valence-electron chi connectivity index (χ0n) is 20.3. The number of amides is 1. The van der Waals surface area contributed by atoms with Gasteiger partial charge in [-0.05, 0) is 42.3 Å². The summed E-state index contributed by atoms with van der Waals surface area (Å²) in [6.45, 7) is 5.62. The number of benzene rings is 3. The molecule has 0 aliphatic heterocycles. The average Bonchev–Trinajstić information content (AvgIpc) is 2.83. The molecular weight excluding hydrogens is 552 g/mol. The van der Waals surface area contributed by atoms with Crippen molar-refractivity contribution < 1.29 is 23.9 Å². The molecule has 3 rings (SSSR count). The minimum absolute atomic E-state index is 0.107. The first kappa shape index (κ1) is 27.3. The number of hydrogen-bond donors (Lipinski definition) is 0. The van der Waals surface area contributed by atoms with Crippen molar-refractivity contribution in [1.82, 2.24) is 0 Å². The summed E-state index contributed by atoms with van der Waals surface area (Å²) in [4.78, 5) is 25.7. The first-order valence-electron chi connectivity index (χ1n) is 11.0. The van der Waals surface area contributed by atoms with E-state index in [1.807, 2.05) is 30.3 Å². The average molecular weight is 578 g/mol. The van der Waals surface area contributed by atoms with Gasteiger partial charge in [0.05, 0.1) is 28.3 Å². The molecule has 0 N–H and O–H groups in total. The van der Waals surface area contributed by atoms with Crippen molar-refractivity contribution in [2.75, 3.05) is 18.6 Å². The van der Waals surface area contributed by atoms with Gasteiger partial charge in [0.1, 0.15) is 23.7 Å². The highest BCUT2D eigenvalue weighted by molar-refractivity contribution is 9.10. The Morgan fingerprint density at radius 1 is 1.17 bits per heavy atom. The maximum atomic E-state index is 13.2. The molecule has 0 aromatic heterocycles. The van der Waals surface area contributed by atoms with Crippen LogP contribution in [0.2, 0.25) is 0 Å². The third-order valence-corrected chi connectivity index (χ3v) is 6.00. The van der Waals surface area contributed by atoms with E-state index in [-0.39, 0.29) is 24.6 Å². The maximum absolute atomic E-state index is 13.2. The van der Waals surface area contributed by atoms with Crippen molar-refractivity contribution in [1.29, 1.82) is 0 Å². The van der Waals surface area contributed by atoms with Gasteiger partial charge in [-0.15, -0.1) is 0 Å². The molecule has 0 saturated heterocycles. The van der Waals surface area contributed by atoms with Gasteiger partial charge in [0.2, 0.25) is 0 Å². The van der Waals surface area contributed by atoms with E-state index < -0.39 is 16.6 Å². The van der Waals surface area contributed by atoms with Gasteiger partial charge in [0, 0.05) is 35.0 Å². The Labute approximate surface area is 222 Å². The predicted molar refractivity (Wildman–Crippen MR) is 144 cm³/mol. The molecule has 0 radical (unpaired) electrons. The number of hydrogen-bond acceptors (Lipinski definition) is 6. The molecule has 1 amide bonds. The number of carbonyl (C=O) groups excluding carboxylic acids is 1. The molecule has 0 aliphatic carbocycles. The Morgan fingerprint density at radius 2 is 1.86 bits per heavy atom. The molecule has 0 bridgehead atoms. The number of methoxy groups -OCH3 is 1. The summed E-state index contributed by atoms with van der Waals surface area (Å²) in [7, 11) is 1.42. The Kier molecular flexibility index (Phi) is 8.81. The number of non-ortho nitro benzene ring substituents is 1. The normalized spacial score (nSPS) is 11.5. The SMILES string of the molecule is COc1cc([N+](=O)[O-])cc2c(OCc3ccccc3)cc(N(C/C=C/Cl)C(=O)OC(C)(C)C)c(Br)c12. The lowest BCUT2D eigenvalue weighted by Crippen LogP contribution is -2.37. The number of carbonyl (C=O) groups is 1. The van der Waals surface area contributed by atoms with Crippen LogP contribution < -0.4 is 14.4 Å². The highest BCUT2D eigenvalue weighted by Gasteiger charge is 2.28. The molecule has 0 atom stereocenters.